The Bertz CT molecular complexity index is 512. The molecule has 0 aliphatic rings. The van der Waals surface area contributed by atoms with Crippen molar-refractivity contribution in [3.05, 3.63) is 34.9 Å². The maximum atomic E-state index is 11.6. The van der Waals surface area contributed by atoms with Crippen LogP contribution in [0.4, 0.5) is 0 Å². The van der Waals surface area contributed by atoms with E-state index in [0.717, 1.165) is 25.9 Å². The number of hydrogen-bond acceptors (Lipinski definition) is 2. The summed E-state index contributed by atoms with van der Waals surface area (Å²) in [6.07, 6.45) is 1.86. The molecule has 0 radical (unpaired) electrons. The summed E-state index contributed by atoms with van der Waals surface area (Å²) in [6, 6.07) is 6.59. The predicted octanol–water partition coefficient (Wildman–Crippen LogP) is 2.55. The average Bonchev–Trinajstić information content (AvgIpc) is 2.49. The number of halogens is 1. The van der Waals surface area contributed by atoms with E-state index in [1.54, 1.807) is 0 Å². The van der Waals surface area contributed by atoms with E-state index in [4.69, 9.17) is 0 Å². The van der Waals surface area contributed by atoms with Crippen LogP contribution in [0.1, 0.15) is 37.0 Å². The van der Waals surface area contributed by atoms with Gasteiger partial charge in [-0.2, -0.15) is 0 Å². The third-order valence-corrected chi connectivity index (χ3v) is 3.28. The Balaban J connectivity index is 0.00000529. The van der Waals surface area contributed by atoms with Gasteiger partial charge in [0.1, 0.15) is 6.54 Å². The van der Waals surface area contributed by atoms with Gasteiger partial charge in [0.2, 0.25) is 5.91 Å². The lowest BCUT2D eigenvalue weighted by atomic mass is 10.1. The fraction of sp³-hybridized carbons (Fsp3) is 0.556. The SMILES string of the molecule is CCCNC(=O)CN=C(NCC)NCCc1cc(C)cc(C)c1.I. The molecule has 0 saturated carbocycles. The highest BCUT2D eigenvalue weighted by atomic mass is 127. The van der Waals surface area contributed by atoms with Crippen LogP contribution in [0.2, 0.25) is 0 Å². The highest BCUT2D eigenvalue weighted by Gasteiger charge is 2.02. The molecule has 0 aromatic heterocycles. The lowest BCUT2D eigenvalue weighted by Crippen LogP contribution is -2.39. The molecule has 1 rings (SSSR count). The standard InChI is InChI=1S/C18H30N4O.HI/c1-5-8-20-17(23)13-22-18(19-6-2)21-9-7-16-11-14(3)10-15(4)12-16;/h10-12H,5-9,13H2,1-4H3,(H,20,23)(H2,19,21,22);1H. The largest absolute Gasteiger partial charge is 0.357 e. The van der Waals surface area contributed by atoms with Gasteiger partial charge < -0.3 is 16.0 Å². The number of aryl methyl sites for hydroxylation is 2. The Hall–Kier alpha value is -1.31. The number of nitrogens with one attached hydrogen (secondary N) is 3. The predicted molar refractivity (Wildman–Crippen MR) is 112 cm³/mol. The van der Waals surface area contributed by atoms with Crippen LogP contribution in [-0.2, 0) is 11.2 Å². The molecule has 0 aliphatic carbocycles. The van der Waals surface area contributed by atoms with Crippen LogP contribution in [0, 0.1) is 13.8 Å². The summed E-state index contributed by atoms with van der Waals surface area (Å²) in [6.45, 7) is 10.7. The summed E-state index contributed by atoms with van der Waals surface area (Å²) >= 11 is 0. The van der Waals surface area contributed by atoms with Gasteiger partial charge in [-0.25, -0.2) is 4.99 Å². The summed E-state index contributed by atoms with van der Waals surface area (Å²) in [7, 11) is 0. The molecule has 3 N–H and O–H groups in total. The molecule has 136 valence electrons. The van der Waals surface area contributed by atoms with Crippen molar-refractivity contribution in [2.24, 2.45) is 4.99 Å². The molecule has 0 bridgehead atoms. The smallest absolute Gasteiger partial charge is 0.241 e. The Labute approximate surface area is 163 Å². The van der Waals surface area contributed by atoms with Gasteiger partial charge >= 0.3 is 0 Å². The van der Waals surface area contributed by atoms with Crippen molar-refractivity contribution in [3.8, 4) is 0 Å². The van der Waals surface area contributed by atoms with Gasteiger partial charge in [0.05, 0.1) is 0 Å². The molecular formula is C18H31IN4O. The van der Waals surface area contributed by atoms with Crippen molar-refractivity contribution in [1.29, 1.82) is 0 Å². The van der Waals surface area contributed by atoms with E-state index in [1.165, 1.54) is 16.7 Å². The molecule has 0 saturated heterocycles. The number of nitrogens with zero attached hydrogens (tertiary/aromatic N) is 1. The van der Waals surface area contributed by atoms with E-state index < -0.39 is 0 Å². The first-order valence-corrected chi connectivity index (χ1v) is 8.41. The molecule has 24 heavy (non-hydrogen) atoms. The molecule has 0 spiro atoms. The van der Waals surface area contributed by atoms with E-state index in [-0.39, 0.29) is 36.4 Å². The average molecular weight is 446 g/mol. The summed E-state index contributed by atoms with van der Waals surface area (Å²) in [4.78, 5) is 15.9. The lowest BCUT2D eigenvalue weighted by molar-refractivity contribution is -0.119. The first-order valence-electron chi connectivity index (χ1n) is 8.41. The Kier molecular flexibility index (Phi) is 12.3. The molecule has 5 nitrogen and oxygen atoms in total. The van der Waals surface area contributed by atoms with Crippen LogP contribution >= 0.6 is 24.0 Å². The fourth-order valence-corrected chi connectivity index (χ4v) is 2.35. The van der Waals surface area contributed by atoms with Crippen molar-refractivity contribution >= 4 is 35.8 Å². The van der Waals surface area contributed by atoms with Gasteiger partial charge in [-0.05, 0) is 39.2 Å². The van der Waals surface area contributed by atoms with Gasteiger partial charge in [-0.1, -0.05) is 36.2 Å². The lowest BCUT2D eigenvalue weighted by Gasteiger charge is -2.12. The van der Waals surface area contributed by atoms with Crippen molar-refractivity contribution in [3.63, 3.8) is 0 Å². The minimum Gasteiger partial charge on any atom is -0.357 e. The van der Waals surface area contributed by atoms with Gasteiger partial charge in [0, 0.05) is 19.6 Å². The molecule has 0 atom stereocenters. The second-order valence-corrected chi connectivity index (χ2v) is 5.72. The number of hydrogen-bond donors (Lipinski definition) is 3. The molecule has 6 heteroatoms. The fourth-order valence-electron chi connectivity index (χ4n) is 2.35. The summed E-state index contributed by atoms with van der Waals surface area (Å²) in [5.41, 5.74) is 3.88. The van der Waals surface area contributed by atoms with E-state index in [1.807, 2.05) is 13.8 Å². The highest BCUT2D eigenvalue weighted by molar-refractivity contribution is 14.0. The Morgan fingerprint density at radius 1 is 1.00 bits per heavy atom. The quantitative estimate of drug-likeness (QED) is 0.327. The van der Waals surface area contributed by atoms with Gasteiger partial charge in [-0.3, -0.25) is 4.79 Å². The molecule has 1 aromatic rings. The number of benzene rings is 1. The second-order valence-electron chi connectivity index (χ2n) is 5.72. The summed E-state index contributed by atoms with van der Waals surface area (Å²) < 4.78 is 0. The van der Waals surface area contributed by atoms with E-state index >= 15 is 0 Å². The number of aliphatic imine (C=N–C) groups is 1. The normalized spacial score (nSPS) is 10.8. The number of carbonyl (C=O) groups excluding carboxylic acids is 1. The maximum absolute atomic E-state index is 11.6. The minimum absolute atomic E-state index is 0. The zero-order valence-corrected chi connectivity index (χ0v) is 17.6. The van der Waals surface area contributed by atoms with Crippen LogP contribution in [0.3, 0.4) is 0 Å². The van der Waals surface area contributed by atoms with Crippen molar-refractivity contribution < 1.29 is 4.79 Å². The van der Waals surface area contributed by atoms with Crippen LogP contribution in [0.25, 0.3) is 0 Å². The first kappa shape index (κ1) is 22.7. The number of guanidine groups is 1. The van der Waals surface area contributed by atoms with E-state index in [2.05, 4.69) is 53.0 Å². The third-order valence-electron chi connectivity index (χ3n) is 3.28. The van der Waals surface area contributed by atoms with Crippen molar-refractivity contribution in [1.82, 2.24) is 16.0 Å². The van der Waals surface area contributed by atoms with E-state index in [0.29, 0.717) is 12.5 Å². The topological polar surface area (TPSA) is 65.5 Å². The zero-order valence-electron chi connectivity index (χ0n) is 15.2. The molecule has 1 aromatic carbocycles. The van der Waals surface area contributed by atoms with Crippen LogP contribution in [-0.4, -0.2) is 38.0 Å². The first-order chi connectivity index (χ1) is 11.0. The van der Waals surface area contributed by atoms with Crippen molar-refractivity contribution in [2.75, 3.05) is 26.2 Å². The van der Waals surface area contributed by atoms with Gasteiger partial charge in [0.25, 0.3) is 0 Å². The van der Waals surface area contributed by atoms with Crippen LogP contribution < -0.4 is 16.0 Å². The minimum atomic E-state index is -0.0432. The number of carbonyl (C=O) groups is 1. The highest BCUT2D eigenvalue weighted by Crippen LogP contribution is 2.08. The molecule has 0 aliphatic heterocycles. The summed E-state index contributed by atoms with van der Waals surface area (Å²) in [5, 5.41) is 9.26. The molecule has 0 fully saturated rings. The number of rotatable bonds is 8. The van der Waals surface area contributed by atoms with Gasteiger partial charge in [0.15, 0.2) is 5.96 Å². The van der Waals surface area contributed by atoms with Crippen molar-refractivity contribution in [2.45, 2.75) is 40.5 Å². The Morgan fingerprint density at radius 3 is 2.25 bits per heavy atom. The summed E-state index contributed by atoms with van der Waals surface area (Å²) in [5.74, 6) is 0.641. The second kappa shape index (κ2) is 13.0. The van der Waals surface area contributed by atoms with Gasteiger partial charge in [-0.15, -0.1) is 24.0 Å². The molecular weight excluding hydrogens is 415 g/mol. The zero-order chi connectivity index (χ0) is 17.1. The number of amides is 1. The molecule has 0 heterocycles. The third kappa shape index (κ3) is 9.75. The molecule has 1 amide bonds. The van der Waals surface area contributed by atoms with Crippen LogP contribution in [0.5, 0.6) is 0 Å². The Morgan fingerprint density at radius 2 is 1.67 bits per heavy atom. The monoisotopic (exact) mass is 446 g/mol. The van der Waals surface area contributed by atoms with Crippen LogP contribution in [0.15, 0.2) is 23.2 Å². The maximum Gasteiger partial charge on any atom is 0.241 e. The molecule has 0 unspecified atom stereocenters. The van der Waals surface area contributed by atoms with E-state index in [9.17, 15) is 4.79 Å².